The van der Waals surface area contributed by atoms with E-state index in [0.717, 1.165) is 32.1 Å². The van der Waals surface area contributed by atoms with Crippen molar-refractivity contribution >= 4 is 17.7 Å². The van der Waals surface area contributed by atoms with Crippen molar-refractivity contribution in [2.24, 2.45) is 0 Å². The van der Waals surface area contributed by atoms with Crippen molar-refractivity contribution in [1.29, 1.82) is 0 Å². The van der Waals surface area contributed by atoms with Crippen LogP contribution in [0.4, 0.5) is 0 Å². The van der Waals surface area contributed by atoms with E-state index in [2.05, 4.69) is 13.8 Å². The summed E-state index contributed by atoms with van der Waals surface area (Å²) in [6.45, 7) is 5.23. The predicted molar refractivity (Wildman–Crippen MR) is 195 cm³/mol. The van der Waals surface area contributed by atoms with Crippen molar-refractivity contribution in [2.75, 3.05) is 13.2 Å². The van der Waals surface area contributed by atoms with Crippen LogP contribution in [0.25, 0.3) is 0 Å². The normalized spacial score (nSPS) is 11.2. The summed E-state index contributed by atoms with van der Waals surface area (Å²) in [5.41, 5.74) is 0. The van der Waals surface area contributed by atoms with E-state index in [-0.39, 0.29) is 19.4 Å². The number of unbranched alkanes of at least 4 members (excludes halogenated alkanes) is 30. The van der Waals surface area contributed by atoms with E-state index in [0.29, 0.717) is 6.61 Å². The van der Waals surface area contributed by atoms with Crippen molar-refractivity contribution < 1.29 is 23.9 Å². The molecule has 5 nitrogen and oxygen atoms in total. The van der Waals surface area contributed by atoms with Crippen LogP contribution < -0.4 is 0 Å². The van der Waals surface area contributed by atoms with Crippen LogP contribution >= 0.6 is 0 Å². The fourth-order valence-electron chi connectivity index (χ4n) is 6.12. The summed E-state index contributed by atoms with van der Waals surface area (Å²) in [5.74, 6) is -1.85. The molecule has 0 heterocycles. The third kappa shape index (κ3) is 35.5. The lowest BCUT2D eigenvalue weighted by atomic mass is 10.0. The monoisotopic (exact) mass is 651 g/mol. The predicted octanol–water partition coefficient (Wildman–Crippen LogP) is 12.9. The van der Waals surface area contributed by atoms with E-state index in [1.165, 1.54) is 173 Å². The van der Waals surface area contributed by atoms with Crippen molar-refractivity contribution in [3.63, 3.8) is 0 Å². The third-order valence-electron chi connectivity index (χ3n) is 9.28. The van der Waals surface area contributed by atoms with Crippen LogP contribution in [-0.4, -0.2) is 30.9 Å². The molecule has 272 valence electrons. The molecule has 0 fully saturated rings. The van der Waals surface area contributed by atoms with Crippen molar-refractivity contribution in [1.82, 2.24) is 0 Å². The maximum absolute atomic E-state index is 12.0. The van der Waals surface area contributed by atoms with Gasteiger partial charge in [-0.3, -0.25) is 9.59 Å². The van der Waals surface area contributed by atoms with E-state index < -0.39 is 17.7 Å². The van der Waals surface area contributed by atoms with Gasteiger partial charge >= 0.3 is 11.9 Å². The van der Waals surface area contributed by atoms with Crippen molar-refractivity contribution in [3.8, 4) is 0 Å². The Balaban J connectivity index is 3.37. The minimum atomic E-state index is -0.813. The highest BCUT2D eigenvalue weighted by atomic mass is 16.5. The van der Waals surface area contributed by atoms with Gasteiger partial charge in [0.1, 0.15) is 0 Å². The van der Waals surface area contributed by atoms with Gasteiger partial charge in [-0.1, -0.05) is 206 Å². The summed E-state index contributed by atoms with van der Waals surface area (Å²) in [4.78, 5) is 35.8. The molecule has 0 N–H and O–H groups in total. The van der Waals surface area contributed by atoms with Crippen LogP contribution in [0, 0.1) is 0 Å². The molecule has 0 atom stereocenters. The SMILES string of the molecule is CCCCCCCCCCCCCCCCCCOC(=O)CCC(=O)C(=O)OCCCCCCCCCCCCCCCCCC. The molecule has 0 amide bonds. The maximum atomic E-state index is 12.0. The molecule has 5 heteroatoms. The number of carbonyl (C=O) groups is 3. The first-order valence-electron chi connectivity index (χ1n) is 20.5. The van der Waals surface area contributed by atoms with Gasteiger partial charge in [-0.15, -0.1) is 0 Å². The largest absolute Gasteiger partial charge is 0.466 e. The molecular weight excluding hydrogens is 572 g/mol. The Hall–Kier alpha value is -1.39. The van der Waals surface area contributed by atoms with Gasteiger partial charge in [0.15, 0.2) is 0 Å². The Bertz CT molecular complexity index is 661. The average Bonchev–Trinajstić information content (AvgIpc) is 3.06. The number of carbonyl (C=O) groups excluding carboxylic acids is 3. The Labute approximate surface area is 286 Å². The van der Waals surface area contributed by atoms with Gasteiger partial charge < -0.3 is 9.47 Å². The molecule has 0 aromatic rings. The quantitative estimate of drug-likeness (QED) is 0.0378. The number of rotatable bonds is 38. The first-order chi connectivity index (χ1) is 22.6. The van der Waals surface area contributed by atoms with Gasteiger partial charge in [-0.25, -0.2) is 4.79 Å². The second-order valence-electron chi connectivity index (χ2n) is 13.9. The number of ketones is 1. The molecule has 0 rings (SSSR count). The Kier molecular flexibility index (Phi) is 36.9. The molecule has 0 aromatic heterocycles. The van der Waals surface area contributed by atoms with Gasteiger partial charge in [-0.05, 0) is 12.8 Å². The molecule has 0 spiro atoms. The molecule has 0 unspecified atom stereocenters. The Morgan fingerprint density at radius 1 is 0.326 bits per heavy atom. The van der Waals surface area contributed by atoms with Crippen LogP contribution in [-0.2, 0) is 23.9 Å². The van der Waals surface area contributed by atoms with Crippen LogP contribution in [0.2, 0.25) is 0 Å². The summed E-state index contributed by atoms with van der Waals surface area (Å²) < 4.78 is 10.4. The zero-order valence-corrected chi connectivity index (χ0v) is 31.0. The van der Waals surface area contributed by atoms with Crippen LogP contribution in [0.3, 0.4) is 0 Å². The van der Waals surface area contributed by atoms with Crippen molar-refractivity contribution in [3.05, 3.63) is 0 Å². The van der Waals surface area contributed by atoms with Gasteiger partial charge in [0.25, 0.3) is 0 Å². The summed E-state index contributed by atoms with van der Waals surface area (Å²) in [6.07, 6.45) is 41.4. The van der Waals surface area contributed by atoms with E-state index in [4.69, 9.17) is 9.47 Å². The van der Waals surface area contributed by atoms with E-state index in [9.17, 15) is 14.4 Å². The highest BCUT2D eigenvalue weighted by Gasteiger charge is 2.17. The summed E-state index contributed by atoms with van der Waals surface area (Å²) in [7, 11) is 0. The molecular formula is C41H78O5. The second-order valence-corrected chi connectivity index (χ2v) is 13.9. The topological polar surface area (TPSA) is 69.7 Å². The smallest absolute Gasteiger partial charge is 0.374 e. The minimum Gasteiger partial charge on any atom is -0.466 e. The number of hydrogen-bond donors (Lipinski definition) is 0. The summed E-state index contributed by atoms with van der Waals surface area (Å²) >= 11 is 0. The summed E-state index contributed by atoms with van der Waals surface area (Å²) in [5, 5.41) is 0. The molecule has 0 radical (unpaired) electrons. The van der Waals surface area contributed by atoms with Crippen molar-refractivity contribution in [2.45, 2.75) is 232 Å². The van der Waals surface area contributed by atoms with E-state index in [1.54, 1.807) is 0 Å². The third-order valence-corrected chi connectivity index (χ3v) is 9.28. The average molecular weight is 651 g/mol. The van der Waals surface area contributed by atoms with Gasteiger partial charge in [-0.2, -0.15) is 0 Å². The second kappa shape index (κ2) is 38.1. The lowest BCUT2D eigenvalue weighted by Gasteiger charge is -2.06. The molecule has 46 heavy (non-hydrogen) atoms. The van der Waals surface area contributed by atoms with E-state index >= 15 is 0 Å². The van der Waals surface area contributed by atoms with Gasteiger partial charge in [0.2, 0.25) is 5.78 Å². The van der Waals surface area contributed by atoms with E-state index in [1.807, 2.05) is 0 Å². The highest BCUT2D eigenvalue weighted by molar-refractivity contribution is 6.33. The van der Waals surface area contributed by atoms with Gasteiger partial charge in [0.05, 0.1) is 19.6 Å². The maximum Gasteiger partial charge on any atom is 0.374 e. The highest BCUT2D eigenvalue weighted by Crippen LogP contribution is 2.15. The zero-order valence-electron chi connectivity index (χ0n) is 31.0. The zero-order chi connectivity index (χ0) is 33.6. The van der Waals surface area contributed by atoms with Crippen LogP contribution in [0.15, 0.2) is 0 Å². The molecule has 0 aromatic carbocycles. The standard InChI is InChI=1S/C41H78O5/c1-3-5-7-9-11-13-15-17-19-21-23-25-27-29-31-33-37-45-40(43)36-35-39(42)41(44)46-38-34-32-30-28-26-24-22-20-18-16-14-12-10-8-6-4-2/h3-38H2,1-2H3. The first kappa shape index (κ1) is 44.6. The lowest BCUT2D eigenvalue weighted by Crippen LogP contribution is -2.19. The number of esters is 2. The fourth-order valence-corrected chi connectivity index (χ4v) is 6.12. The molecule has 0 saturated carbocycles. The van der Waals surface area contributed by atoms with Crippen LogP contribution in [0.5, 0.6) is 0 Å². The molecule has 0 bridgehead atoms. The van der Waals surface area contributed by atoms with Crippen LogP contribution in [0.1, 0.15) is 232 Å². The molecule has 0 aliphatic rings. The lowest BCUT2D eigenvalue weighted by molar-refractivity contribution is -0.155. The fraction of sp³-hybridized carbons (Fsp3) is 0.927. The Morgan fingerprint density at radius 2 is 0.587 bits per heavy atom. The summed E-state index contributed by atoms with van der Waals surface area (Å²) in [6, 6.07) is 0. The van der Waals surface area contributed by atoms with Gasteiger partial charge in [0, 0.05) is 6.42 Å². The molecule has 0 aliphatic heterocycles. The Morgan fingerprint density at radius 3 is 0.891 bits per heavy atom. The number of ether oxygens (including phenoxy) is 2. The minimum absolute atomic E-state index is 0.0498. The molecule has 0 aliphatic carbocycles. The molecule has 0 saturated heterocycles. The number of hydrogen-bond acceptors (Lipinski definition) is 5. The number of Topliss-reactive ketones (excluding diaryl/α,β-unsaturated/α-hetero) is 1. The first-order valence-corrected chi connectivity index (χ1v) is 20.5.